The zero-order chi connectivity index (χ0) is 20.5. The minimum atomic E-state index is -1.59. The van der Waals surface area contributed by atoms with E-state index in [0.717, 1.165) is 19.3 Å². The molecule has 0 aromatic rings. The summed E-state index contributed by atoms with van der Waals surface area (Å²) in [6.45, 7) is 3.99. The van der Waals surface area contributed by atoms with E-state index in [0.29, 0.717) is 6.42 Å². The van der Waals surface area contributed by atoms with Gasteiger partial charge in [-0.3, -0.25) is 4.79 Å². The van der Waals surface area contributed by atoms with Crippen molar-refractivity contribution in [1.29, 1.82) is 0 Å². The molecule has 162 valence electrons. The van der Waals surface area contributed by atoms with Crippen LogP contribution in [-0.2, 0) is 4.79 Å². The lowest BCUT2D eigenvalue weighted by Crippen LogP contribution is -2.46. The van der Waals surface area contributed by atoms with Crippen LogP contribution in [0.15, 0.2) is 0 Å². The molecule has 0 saturated carbocycles. The monoisotopic (exact) mass is 387 g/mol. The lowest BCUT2D eigenvalue weighted by atomic mass is 9.72. The number of carboxylic acid groups (broad SMARTS) is 1. The van der Waals surface area contributed by atoms with Crippen molar-refractivity contribution in [2.45, 2.75) is 116 Å². The molecule has 0 radical (unpaired) electrons. The summed E-state index contributed by atoms with van der Waals surface area (Å²) in [5.74, 6) is -1.22. The highest BCUT2D eigenvalue weighted by Gasteiger charge is 2.39. The fourth-order valence-electron chi connectivity index (χ4n) is 3.77. The van der Waals surface area contributed by atoms with Crippen LogP contribution in [0.25, 0.3) is 0 Å². The number of unbranched alkanes of at least 4 members (excludes halogenated alkanes) is 12. The second kappa shape index (κ2) is 16.3. The maximum atomic E-state index is 11.1. The average molecular weight is 388 g/mol. The molecule has 2 atom stereocenters. The summed E-state index contributed by atoms with van der Waals surface area (Å²) >= 11 is 0. The Morgan fingerprint density at radius 2 is 1.26 bits per heavy atom. The van der Waals surface area contributed by atoms with Crippen molar-refractivity contribution < 1.29 is 20.1 Å². The van der Waals surface area contributed by atoms with E-state index in [1.54, 1.807) is 6.92 Å². The zero-order valence-corrected chi connectivity index (χ0v) is 17.8. The molecule has 0 aliphatic rings. The molecule has 0 heterocycles. The Hall–Kier alpha value is -0.650. The first-order chi connectivity index (χ1) is 12.9. The third-order valence-corrected chi connectivity index (χ3v) is 6.04. The number of nitrogens with two attached hydrogens (primary N) is 1. The van der Waals surface area contributed by atoms with Gasteiger partial charge in [-0.15, -0.1) is 0 Å². The normalized spacial score (nSPS) is 15.0. The van der Waals surface area contributed by atoms with Gasteiger partial charge >= 0.3 is 5.97 Å². The van der Waals surface area contributed by atoms with Crippen molar-refractivity contribution in [3.8, 4) is 0 Å². The molecule has 0 saturated heterocycles. The van der Waals surface area contributed by atoms with Crippen molar-refractivity contribution in [1.82, 2.24) is 0 Å². The third-order valence-electron chi connectivity index (χ3n) is 6.04. The predicted octanol–water partition coefficient (Wildman–Crippen LogP) is 4.83. The molecule has 0 bridgehead atoms. The molecule has 5 nitrogen and oxygen atoms in total. The smallest absolute Gasteiger partial charge is 0.303 e. The number of aliphatic hydroxyl groups is 2. The van der Waals surface area contributed by atoms with Crippen LogP contribution in [0.3, 0.4) is 0 Å². The van der Waals surface area contributed by atoms with Gasteiger partial charge in [-0.25, -0.2) is 0 Å². The number of hydrogen-bond acceptors (Lipinski definition) is 4. The quantitative estimate of drug-likeness (QED) is 0.188. The van der Waals surface area contributed by atoms with Gasteiger partial charge in [-0.2, -0.15) is 0 Å². The number of aliphatic carboxylic acids is 1. The van der Waals surface area contributed by atoms with Gasteiger partial charge in [0.05, 0.1) is 0 Å². The van der Waals surface area contributed by atoms with Crippen LogP contribution in [0.1, 0.15) is 110 Å². The van der Waals surface area contributed by atoms with Gasteiger partial charge in [0.25, 0.3) is 0 Å². The van der Waals surface area contributed by atoms with Gasteiger partial charge in [0.15, 0.2) is 6.29 Å². The molecule has 0 rings (SSSR count). The Morgan fingerprint density at radius 3 is 1.59 bits per heavy atom. The minimum absolute atomic E-state index is 0.0659. The summed E-state index contributed by atoms with van der Waals surface area (Å²) in [6.07, 6.45) is 15.5. The molecule has 0 aliphatic carbocycles. The van der Waals surface area contributed by atoms with E-state index >= 15 is 0 Å². The molecule has 27 heavy (non-hydrogen) atoms. The molecule has 0 aliphatic heterocycles. The average Bonchev–Trinajstić information content (AvgIpc) is 2.63. The highest BCUT2D eigenvalue weighted by Crippen LogP contribution is 2.36. The van der Waals surface area contributed by atoms with Crippen molar-refractivity contribution in [2.75, 3.05) is 6.54 Å². The van der Waals surface area contributed by atoms with E-state index in [1.165, 1.54) is 64.2 Å². The number of carboxylic acids is 1. The van der Waals surface area contributed by atoms with Crippen LogP contribution in [0, 0.1) is 11.3 Å². The Balaban J connectivity index is 3.82. The summed E-state index contributed by atoms with van der Waals surface area (Å²) in [5.41, 5.74) is 4.75. The fraction of sp³-hybridized carbons (Fsp3) is 0.955. The van der Waals surface area contributed by atoms with Crippen molar-refractivity contribution >= 4 is 5.97 Å². The van der Waals surface area contributed by atoms with E-state index < -0.39 is 17.7 Å². The Bertz CT molecular complexity index is 362. The van der Waals surface area contributed by atoms with Crippen molar-refractivity contribution in [3.63, 3.8) is 0 Å². The maximum Gasteiger partial charge on any atom is 0.303 e. The highest BCUT2D eigenvalue weighted by molar-refractivity contribution is 5.67. The number of carbonyl (C=O) groups is 1. The number of aliphatic hydroxyl groups excluding tert-OH is 1. The van der Waals surface area contributed by atoms with Crippen LogP contribution in [0.2, 0.25) is 0 Å². The molecular formula is C22H45NO4. The van der Waals surface area contributed by atoms with Gasteiger partial charge in [0.1, 0.15) is 0 Å². The lowest BCUT2D eigenvalue weighted by molar-refractivity contribution is -0.158. The molecule has 0 aromatic heterocycles. The predicted molar refractivity (Wildman–Crippen MR) is 111 cm³/mol. The first-order valence-electron chi connectivity index (χ1n) is 11.2. The van der Waals surface area contributed by atoms with Gasteiger partial charge < -0.3 is 21.1 Å². The molecule has 0 fully saturated rings. The van der Waals surface area contributed by atoms with Crippen LogP contribution >= 0.6 is 0 Å². The second-order valence-electron chi connectivity index (χ2n) is 8.41. The number of rotatable bonds is 19. The molecule has 5 N–H and O–H groups in total. The van der Waals surface area contributed by atoms with Gasteiger partial charge in [-0.1, -0.05) is 97.3 Å². The van der Waals surface area contributed by atoms with Gasteiger partial charge in [-0.05, 0) is 12.3 Å². The Morgan fingerprint density at radius 1 is 0.852 bits per heavy atom. The van der Waals surface area contributed by atoms with Gasteiger partial charge in [0, 0.05) is 18.4 Å². The number of hydrogen-bond donors (Lipinski definition) is 4. The summed E-state index contributed by atoms with van der Waals surface area (Å²) in [4.78, 5) is 11.1. The van der Waals surface area contributed by atoms with Crippen molar-refractivity contribution in [2.24, 2.45) is 17.1 Å². The molecule has 2 unspecified atom stereocenters. The fourth-order valence-corrected chi connectivity index (χ4v) is 3.77. The largest absolute Gasteiger partial charge is 0.481 e. The molecule has 5 heteroatoms. The summed E-state index contributed by atoms with van der Waals surface area (Å²) in [6, 6.07) is 0. The second-order valence-corrected chi connectivity index (χ2v) is 8.41. The summed E-state index contributed by atoms with van der Waals surface area (Å²) in [7, 11) is 0. The van der Waals surface area contributed by atoms with Crippen LogP contribution in [0.5, 0.6) is 0 Å². The van der Waals surface area contributed by atoms with E-state index in [-0.39, 0.29) is 18.9 Å². The zero-order valence-electron chi connectivity index (χ0n) is 17.8. The van der Waals surface area contributed by atoms with Crippen LogP contribution < -0.4 is 5.73 Å². The van der Waals surface area contributed by atoms with Crippen molar-refractivity contribution in [3.05, 3.63) is 0 Å². The molecule has 0 aromatic carbocycles. The van der Waals surface area contributed by atoms with E-state index in [1.807, 2.05) is 0 Å². The van der Waals surface area contributed by atoms with Crippen LogP contribution in [0.4, 0.5) is 0 Å². The van der Waals surface area contributed by atoms with Crippen LogP contribution in [-0.4, -0.2) is 34.1 Å². The first-order valence-corrected chi connectivity index (χ1v) is 11.2. The summed E-state index contributed by atoms with van der Waals surface area (Å²) in [5, 5.41) is 28.4. The standard InChI is InChI=1S/C22H45NO4/c1-3-4-5-6-7-8-9-10-11-12-13-14-15-16-19(17-20(24)25)22(2,18-23)21(26)27/h19,21,26-27H,3-18,23H2,1-2H3,(H,24,25). The topological polar surface area (TPSA) is 104 Å². The Labute approximate surface area is 166 Å². The first kappa shape index (κ1) is 26.4. The SMILES string of the molecule is CCCCCCCCCCCCCCCC(CC(=O)O)C(C)(CN)C(O)O. The maximum absolute atomic E-state index is 11.1. The van der Waals surface area contributed by atoms with Gasteiger partial charge in [0.2, 0.25) is 0 Å². The Kier molecular flexibility index (Phi) is 15.9. The molecule has 0 spiro atoms. The highest BCUT2D eigenvalue weighted by atomic mass is 16.5. The van der Waals surface area contributed by atoms with E-state index in [9.17, 15) is 15.0 Å². The van der Waals surface area contributed by atoms with E-state index in [4.69, 9.17) is 10.8 Å². The molecule has 0 amide bonds. The van der Waals surface area contributed by atoms with E-state index in [2.05, 4.69) is 6.92 Å². The summed E-state index contributed by atoms with van der Waals surface area (Å²) < 4.78 is 0. The molecular weight excluding hydrogens is 342 g/mol. The lowest BCUT2D eigenvalue weighted by Gasteiger charge is -2.37. The minimum Gasteiger partial charge on any atom is -0.481 e. The third kappa shape index (κ3) is 12.4.